The van der Waals surface area contributed by atoms with Crippen molar-refractivity contribution in [1.29, 1.82) is 0 Å². The predicted octanol–water partition coefficient (Wildman–Crippen LogP) is 2.87. The number of carbonyl (C=O) groups is 1. The Morgan fingerprint density at radius 2 is 1.67 bits per heavy atom. The predicted molar refractivity (Wildman–Crippen MR) is 109 cm³/mol. The molecule has 0 bridgehead atoms. The molecule has 30 heavy (non-hydrogen) atoms. The molecular weight excluding hydrogens is 413 g/mol. The van der Waals surface area contributed by atoms with Crippen LogP contribution in [0.2, 0.25) is 0 Å². The van der Waals surface area contributed by atoms with Gasteiger partial charge in [0.2, 0.25) is 0 Å². The SMILES string of the molecule is C[N+](C)(Cc1ccc(NC(=O)c2cccc(C(F)(F)F)c2)cc1)C1CCCCC1.[Cl-]. The Morgan fingerprint density at radius 1 is 1.03 bits per heavy atom. The molecule has 1 saturated carbocycles. The largest absolute Gasteiger partial charge is 1.00 e. The van der Waals surface area contributed by atoms with Crippen LogP contribution in [-0.2, 0) is 12.7 Å². The maximum Gasteiger partial charge on any atom is 0.416 e. The van der Waals surface area contributed by atoms with Gasteiger partial charge in [-0.2, -0.15) is 13.2 Å². The second-order valence-electron chi connectivity index (χ2n) is 8.46. The van der Waals surface area contributed by atoms with Gasteiger partial charge in [-0.3, -0.25) is 4.79 Å². The summed E-state index contributed by atoms with van der Waals surface area (Å²) in [5, 5.41) is 2.68. The van der Waals surface area contributed by atoms with Gasteiger partial charge in [-0.15, -0.1) is 0 Å². The second-order valence-corrected chi connectivity index (χ2v) is 8.46. The number of nitrogens with one attached hydrogen (secondary N) is 1. The maximum atomic E-state index is 12.8. The zero-order chi connectivity index (χ0) is 21.1. The van der Waals surface area contributed by atoms with Gasteiger partial charge in [0, 0.05) is 16.8 Å². The highest BCUT2D eigenvalue weighted by Crippen LogP contribution is 2.30. The lowest BCUT2D eigenvalue weighted by molar-refractivity contribution is -0.929. The van der Waals surface area contributed by atoms with E-state index in [0.29, 0.717) is 11.7 Å². The molecular formula is C23H28ClF3N2O. The Bertz CT molecular complexity index is 844. The lowest BCUT2D eigenvalue weighted by Crippen LogP contribution is -3.00. The molecule has 0 unspecified atom stereocenters. The summed E-state index contributed by atoms with van der Waals surface area (Å²) in [5.41, 5.74) is 0.902. The van der Waals surface area contributed by atoms with E-state index in [0.717, 1.165) is 23.2 Å². The Balaban J connectivity index is 0.00000320. The van der Waals surface area contributed by atoms with Gasteiger partial charge in [0.25, 0.3) is 5.91 Å². The van der Waals surface area contributed by atoms with Gasteiger partial charge in [0.05, 0.1) is 25.7 Å². The van der Waals surface area contributed by atoms with Crippen LogP contribution in [-0.4, -0.2) is 30.5 Å². The first-order valence-electron chi connectivity index (χ1n) is 10.1. The summed E-state index contributed by atoms with van der Waals surface area (Å²) in [6, 6.07) is 12.7. The normalized spacial score (nSPS) is 15.4. The number of rotatable bonds is 5. The van der Waals surface area contributed by atoms with Crippen LogP contribution in [0.3, 0.4) is 0 Å². The van der Waals surface area contributed by atoms with Crippen molar-refractivity contribution in [1.82, 2.24) is 0 Å². The highest BCUT2D eigenvalue weighted by molar-refractivity contribution is 6.04. The second kappa shape index (κ2) is 9.84. The molecule has 2 aromatic rings. The van der Waals surface area contributed by atoms with E-state index < -0.39 is 17.6 Å². The summed E-state index contributed by atoms with van der Waals surface area (Å²) < 4.78 is 39.5. The summed E-state index contributed by atoms with van der Waals surface area (Å²) in [6.45, 7) is 0.909. The summed E-state index contributed by atoms with van der Waals surface area (Å²) in [5.74, 6) is -0.554. The van der Waals surface area contributed by atoms with Crippen molar-refractivity contribution in [2.24, 2.45) is 0 Å². The number of alkyl halides is 3. The van der Waals surface area contributed by atoms with Crippen molar-refractivity contribution >= 4 is 11.6 Å². The van der Waals surface area contributed by atoms with Crippen molar-refractivity contribution in [2.45, 2.75) is 50.9 Å². The van der Waals surface area contributed by atoms with Crippen LogP contribution < -0.4 is 17.7 Å². The quantitative estimate of drug-likeness (QED) is 0.712. The first-order chi connectivity index (χ1) is 13.6. The molecule has 1 aliphatic rings. The first kappa shape index (κ1) is 24.2. The third-order valence-corrected chi connectivity index (χ3v) is 5.82. The highest BCUT2D eigenvalue weighted by Gasteiger charge is 2.31. The molecule has 7 heteroatoms. The van der Waals surface area contributed by atoms with E-state index in [1.54, 1.807) is 0 Å². The zero-order valence-electron chi connectivity index (χ0n) is 17.3. The minimum Gasteiger partial charge on any atom is -1.00 e. The molecule has 0 saturated heterocycles. The van der Waals surface area contributed by atoms with Gasteiger partial charge >= 0.3 is 6.18 Å². The number of carbonyl (C=O) groups excluding carboxylic acids is 1. The number of anilines is 1. The topological polar surface area (TPSA) is 29.1 Å². The van der Waals surface area contributed by atoms with Crippen LogP contribution in [0, 0.1) is 0 Å². The lowest BCUT2D eigenvalue weighted by atomic mass is 9.92. The molecule has 164 valence electrons. The molecule has 3 nitrogen and oxygen atoms in total. The third kappa shape index (κ3) is 6.22. The van der Waals surface area contributed by atoms with Crippen LogP contribution >= 0.6 is 0 Å². The molecule has 2 aromatic carbocycles. The zero-order valence-corrected chi connectivity index (χ0v) is 18.1. The fourth-order valence-corrected chi connectivity index (χ4v) is 4.11. The first-order valence-corrected chi connectivity index (χ1v) is 10.1. The fourth-order valence-electron chi connectivity index (χ4n) is 4.11. The molecule has 1 amide bonds. The van der Waals surface area contributed by atoms with Crippen LogP contribution in [0.5, 0.6) is 0 Å². The Kier molecular flexibility index (Phi) is 7.94. The van der Waals surface area contributed by atoms with Crippen molar-refractivity contribution in [3.63, 3.8) is 0 Å². The van der Waals surface area contributed by atoms with Crippen LogP contribution in [0.1, 0.15) is 53.6 Å². The number of hydrogen-bond acceptors (Lipinski definition) is 1. The van der Waals surface area contributed by atoms with E-state index in [1.165, 1.54) is 49.8 Å². The monoisotopic (exact) mass is 440 g/mol. The van der Waals surface area contributed by atoms with E-state index in [1.807, 2.05) is 24.3 Å². The molecule has 0 aromatic heterocycles. The minimum absolute atomic E-state index is 0. The number of quaternary nitrogens is 1. The van der Waals surface area contributed by atoms with Crippen molar-refractivity contribution in [3.8, 4) is 0 Å². The van der Waals surface area contributed by atoms with Crippen LogP contribution in [0.25, 0.3) is 0 Å². The van der Waals surface area contributed by atoms with Gasteiger partial charge in [0.15, 0.2) is 0 Å². The fraction of sp³-hybridized carbons (Fsp3) is 0.435. The van der Waals surface area contributed by atoms with E-state index in [2.05, 4.69) is 19.4 Å². The molecule has 1 aliphatic carbocycles. The van der Waals surface area contributed by atoms with Crippen molar-refractivity contribution in [3.05, 3.63) is 65.2 Å². The summed E-state index contributed by atoms with van der Waals surface area (Å²) >= 11 is 0. The Labute approximate surface area is 182 Å². The molecule has 0 aliphatic heterocycles. The van der Waals surface area contributed by atoms with E-state index in [9.17, 15) is 18.0 Å². The maximum absolute atomic E-state index is 12.8. The number of nitrogens with zero attached hydrogens (tertiary/aromatic N) is 1. The minimum atomic E-state index is -4.47. The van der Waals surface area contributed by atoms with Gasteiger partial charge < -0.3 is 22.2 Å². The summed E-state index contributed by atoms with van der Waals surface area (Å²) in [6.07, 6.45) is 1.98. The average molecular weight is 441 g/mol. The molecule has 0 spiro atoms. The number of halogens is 4. The number of amides is 1. The van der Waals surface area contributed by atoms with E-state index in [4.69, 9.17) is 0 Å². The van der Waals surface area contributed by atoms with Gasteiger partial charge in [-0.25, -0.2) is 0 Å². The lowest BCUT2D eigenvalue weighted by Gasteiger charge is -2.40. The number of benzene rings is 2. The van der Waals surface area contributed by atoms with Crippen molar-refractivity contribution in [2.75, 3.05) is 19.4 Å². The molecule has 1 fully saturated rings. The highest BCUT2D eigenvalue weighted by atomic mass is 35.5. The Hall–Kier alpha value is -2.05. The van der Waals surface area contributed by atoms with Gasteiger partial charge in [-0.05, 0) is 56.0 Å². The molecule has 0 radical (unpaired) electrons. The molecule has 3 rings (SSSR count). The third-order valence-electron chi connectivity index (χ3n) is 5.82. The van der Waals surface area contributed by atoms with Crippen molar-refractivity contribution < 1.29 is 34.9 Å². The standard InChI is InChI=1S/C23H27F3N2O.ClH/c1-28(2,21-9-4-3-5-10-21)16-17-11-13-20(14-12-17)27-22(29)18-7-6-8-19(15-18)23(24,25)26;/h6-8,11-15,21H,3-5,9-10,16H2,1-2H3;1H. The summed E-state index contributed by atoms with van der Waals surface area (Å²) in [4.78, 5) is 12.3. The van der Waals surface area contributed by atoms with E-state index in [-0.39, 0.29) is 18.0 Å². The van der Waals surface area contributed by atoms with Gasteiger partial charge in [0.1, 0.15) is 6.54 Å². The van der Waals surface area contributed by atoms with Crippen LogP contribution in [0.4, 0.5) is 18.9 Å². The molecule has 0 atom stereocenters. The molecule has 1 N–H and O–H groups in total. The molecule has 0 heterocycles. The van der Waals surface area contributed by atoms with Gasteiger partial charge in [-0.1, -0.05) is 24.6 Å². The smallest absolute Gasteiger partial charge is 0.416 e. The Morgan fingerprint density at radius 3 is 2.27 bits per heavy atom. The average Bonchev–Trinajstić information content (AvgIpc) is 2.69. The number of hydrogen-bond donors (Lipinski definition) is 1. The van der Waals surface area contributed by atoms with Crippen LogP contribution in [0.15, 0.2) is 48.5 Å². The summed E-state index contributed by atoms with van der Waals surface area (Å²) in [7, 11) is 4.53. The van der Waals surface area contributed by atoms with E-state index >= 15 is 0 Å².